The average molecular weight is 268 g/mol. The van der Waals surface area contributed by atoms with Crippen LogP contribution in [0.25, 0.3) is 10.9 Å². The van der Waals surface area contributed by atoms with E-state index < -0.39 is 0 Å². The van der Waals surface area contributed by atoms with Crippen molar-refractivity contribution in [1.29, 1.82) is 0 Å². The zero-order valence-electron chi connectivity index (χ0n) is 11.9. The number of aromatic nitrogens is 2. The fourth-order valence-corrected chi connectivity index (χ4v) is 2.57. The predicted octanol–water partition coefficient (Wildman–Crippen LogP) is 3.89. The lowest BCUT2D eigenvalue weighted by molar-refractivity contribution is -0.0366. The lowest BCUT2D eigenvalue weighted by atomic mass is 10.1. The van der Waals surface area contributed by atoms with Crippen LogP contribution in [0.1, 0.15) is 50.8 Å². The Morgan fingerprint density at radius 1 is 1.40 bits per heavy atom. The molecule has 0 amide bonds. The minimum atomic E-state index is 0.0956. The zero-order valence-corrected chi connectivity index (χ0v) is 11.9. The van der Waals surface area contributed by atoms with Gasteiger partial charge in [0.05, 0.1) is 11.7 Å². The number of ether oxygens (including phenoxy) is 1. The molecular weight excluding hydrogens is 248 g/mol. The van der Waals surface area contributed by atoms with Gasteiger partial charge in [-0.05, 0) is 43.9 Å². The number of hydrogen-bond donors (Lipinski definition) is 0. The third-order valence-corrected chi connectivity index (χ3v) is 3.63. The van der Waals surface area contributed by atoms with E-state index in [1.807, 2.05) is 10.9 Å². The number of unbranched alkanes of at least 4 members (excludes halogenated alkanes) is 1. The SMILES string of the molecule is CCCC#Cc1ccc2c(cnn2C2CCCCO2)c1. The summed E-state index contributed by atoms with van der Waals surface area (Å²) in [6.45, 7) is 2.98. The zero-order chi connectivity index (χ0) is 13.8. The monoisotopic (exact) mass is 268 g/mol. The van der Waals surface area contributed by atoms with Gasteiger partial charge in [0.25, 0.3) is 0 Å². The Bertz CT molecular complexity index is 642. The molecule has 2 heterocycles. The van der Waals surface area contributed by atoms with Crippen molar-refractivity contribution in [3.05, 3.63) is 30.0 Å². The van der Waals surface area contributed by atoms with E-state index >= 15 is 0 Å². The summed E-state index contributed by atoms with van der Waals surface area (Å²) in [5, 5.41) is 5.64. The van der Waals surface area contributed by atoms with Crippen LogP contribution in [-0.2, 0) is 4.74 Å². The Morgan fingerprint density at radius 2 is 2.35 bits per heavy atom. The topological polar surface area (TPSA) is 27.1 Å². The second-order valence-corrected chi connectivity index (χ2v) is 5.24. The van der Waals surface area contributed by atoms with Gasteiger partial charge in [0.1, 0.15) is 0 Å². The maximum Gasteiger partial charge on any atom is 0.150 e. The Morgan fingerprint density at radius 3 is 3.15 bits per heavy atom. The van der Waals surface area contributed by atoms with Crippen molar-refractivity contribution in [3.63, 3.8) is 0 Å². The fraction of sp³-hybridized carbons (Fsp3) is 0.471. The summed E-state index contributed by atoms with van der Waals surface area (Å²) < 4.78 is 7.82. The molecule has 104 valence electrons. The molecule has 20 heavy (non-hydrogen) atoms. The Labute approximate surface area is 119 Å². The Hall–Kier alpha value is -1.79. The molecule has 0 spiro atoms. The lowest BCUT2D eigenvalue weighted by Gasteiger charge is -2.23. The first-order chi connectivity index (χ1) is 9.88. The standard InChI is InChI=1S/C17H20N2O/c1-2-3-4-7-14-9-10-16-15(12-14)13-18-19(16)17-8-5-6-11-20-17/h9-10,12-13,17H,2-3,5-6,8,11H2,1H3. The lowest BCUT2D eigenvalue weighted by Crippen LogP contribution is -2.18. The van der Waals surface area contributed by atoms with Crippen LogP contribution in [0, 0.1) is 11.8 Å². The predicted molar refractivity (Wildman–Crippen MR) is 80.4 cm³/mol. The summed E-state index contributed by atoms with van der Waals surface area (Å²) >= 11 is 0. The highest BCUT2D eigenvalue weighted by Crippen LogP contribution is 2.26. The summed E-state index contributed by atoms with van der Waals surface area (Å²) in [6.07, 6.45) is 7.49. The van der Waals surface area contributed by atoms with E-state index in [9.17, 15) is 0 Å². The fourth-order valence-electron chi connectivity index (χ4n) is 2.57. The summed E-state index contributed by atoms with van der Waals surface area (Å²) in [5.41, 5.74) is 2.20. The van der Waals surface area contributed by atoms with Gasteiger partial charge in [0.2, 0.25) is 0 Å². The maximum absolute atomic E-state index is 5.81. The molecule has 1 aromatic heterocycles. The molecule has 0 saturated carbocycles. The number of fused-ring (bicyclic) bond motifs is 1. The molecule has 1 unspecified atom stereocenters. The number of hydrogen-bond acceptors (Lipinski definition) is 2. The van der Waals surface area contributed by atoms with Crippen LogP contribution in [0.3, 0.4) is 0 Å². The quantitative estimate of drug-likeness (QED) is 0.773. The Kier molecular flexibility index (Phi) is 4.03. The third kappa shape index (κ3) is 2.71. The number of benzene rings is 1. The molecule has 0 bridgehead atoms. The summed E-state index contributed by atoms with van der Waals surface area (Å²) in [4.78, 5) is 0. The molecule has 0 radical (unpaired) electrons. The van der Waals surface area contributed by atoms with Crippen molar-refractivity contribution in [2.24, 2.45) is 0 Å². The van der Waals surface area contributed by atoms with Gasteiger partial charge in [-0.1, -0.05) is 18.8 Å². The molecule has 1 aliphatic heterocycles. The van der Waals surface area contributed by atoms with E-state index in [0.29, 0.717) is 0 Å². The molecule has 0 aliphatic carbocycles. The van der Waals surface area contributed by atoms with Gasteiger partial charge in [0.15, 0.2) is 6.23 Å². The number of nitrogens with zero attached hydrogens (tertiary/aromatic N) is 2. The molecule has 1 saturated heterocycles. The summed E-state index contributed by atoms with van der Waals surface area (Å²) in [6, 6.07) is 6.30. The minimum absolute atomic E-state index is 0.0956. The molecule has 3 rings (SSSR count). The van der Waals surface area contributed by atoms with Crippen molar-refractivity contribution in [2.45, 2.75) is 45.3 Å². The van der Waals surface area contributed by atoms with Crippen LogP contribution in [0.4, 0.5) is 0 Å². The van der Waals surface area contributed by atoms with E-state index in [1.54, 1.807) is 0 Å². The molecule has 3 nitrogen and oxygen atoms in total. The molecule has 2 aromatic rings. The first-order valence-corrected chi connectivity index (χ1v) is 7.46. The highest BCUT2D eigenvalue weighted by molar-refractivity contribution is 5.80. The average Bonchev–Trinajstić information content (AvgIpc) is 2.91. The van der Waals surface area contributed by atoms with Crippen LogP contribution in [-0.4, -0.2) is 16.4 Å². The first kappa shape index (κ1) is 13.2. The van der Waals surface area contributed by atoms with E-state index in [4.69, 9.17) is 4.74 Å². The molecule has 1 aromatic carbocycles. The highest BCUT2D eigenvalue weighted by Gasteiger charge is 2.18. The maximum atomic E-state index is 5.81. The Balaban J connectivity index is 1.88. The van der Waals surface area contributed by atoms with Gasteiger partial charge in [-0.2, -0.15) is 5.10 Å². The molecule has 3 heteroatoms. The van der Waals surface area contributed by atoms with E-state index in [2.05, 4.69) is 42.1 Å². The third-order valence-electron chi connectivity index (χ3n) is 3.63. The first-order valence-electron chi connectivity index (χ1n) is 7.46. The van der Waals surface area contributed by atoms with Crippen molar-refractivity contribution in [2.75, 3.05) is 6.61 Å². The van der Waals surface area contributed by atoms with Crippen LogP contribution < -0.4 is 0 Å². The van der Waals surface area contributed by atoms with Gasteiger partial charge in [0, 0.05) is 24.0 Å². The van der Waals surface area contributed by atoms with E-state index in [1.165, 1.54) is 6.42 Å². The van der Waals surface area contributed by atoms with Crippen molar-refractivity contribution >= 4 is 10.9 Å². The van der Waals surface area contributed by atoms with Crippen LogP contribution in [0.5, 0.6) is 0 Å². The minimum Gasteiger partial charge on any atom is -0.356 e. The van der Waals surface area contributed by atoms with Gasteiger partial charge in [-0.25, -0.2) is 4.68 Å². The van der Waals surface area contributed by atoms with Crippen molar-refractivity contribution < 1.29 is 4.74 Å². The summed E-state index contributed by atoms with van der Waals surface area (Å²) in [5.74, 6) is 6.39. The van der Waals surface area contributed by atoms with Crippen LogP contribution in [0.2, 0.25) is 0 Å². The van der Waals surface area contributed by atoms with Crippen molar-refractivity contribution in [1.82, 2.24) is 9.78 Å². The van der Waals surface area contributed by atoms with E-state index in [-0.39, 0.29) is 6.23 Å². The van der Waals surface area contributed by atoms with Gasteiger partial charge in [-0.15, -0.1) is 0 Å². The highest BCUT2D eigenvalue weighted by atomic mass is 16.5. The van der Waals surface area contributed by atoms with Gasteiger partial charge in [-0.3, -0.25) is 0 Å². The molecule has 1 atom stereocenters. The van der Waals surface area contributed by atoms with Crippen LogP contribution in [0.15, 0.2) is 24.4 Å². The molecule has 0 N–H and O–H groups in total. The van der Waals surface area contributed by atoms with Crippen molar-refractivity contribution in [3.8, 4) is 11.8 Å². The second kappa shape index (κ2) is 6.11. The molecule has 1 aliphatic rings. The second-order valence-electron chi connectivity index (χ2n) is 5.24. The van der Waals surface area contributed by atoms with Gasteiger partial charge >= 0.3 is 0 Å². The van der Waals surface area contributed by atoms with Crippen LogP contribution >= 0.6 is 0 Å². The van der Waals surface area contributed by atoms with Gasteiger partial charge < -0.3 is 4.74 Å². The summed E-state index contributed by atoms with van der Waals surface area (Å²) in [7, 11) is 0. The molecule has 1 fully saturated rings. The smallest absolute Gasteiger partial charge is 0.150 e. The van der Waals surface area contributed by atoms with E-state index in [0.717, 1.165) is 48.8 Å². The number of rotatable bonds is 2. The normalized spacial score (nSPS) is 18.8. The molecular formula is C17H20N2O. The largest absolute Gasteiger partial charge is 0.356 e.